The van der Waals surface area contributed by atoms with Crippen LogP contribution < -0.4 is 15.2 Å². The summed E-state index contributed by atoms with van der Waals surface area (Å²) >= 11 is 0. The second-order valence-corrected chi connectivity index (χ2v) is 4.71. The van der Waals surface area contributed by atoms with Crippen LogP contribution in [0.15, 0.2) is 18.2 Å². The SMILES string of the molecule is COc1cccc(OC)c1C1(CCN)CCC1. The van der Waals surface area contributed by atoms with Crippen LogP contribution in [-0.2, 0) is 5.41 Å². The molecule has 1 aliphatic carbocycles. The molecule has 1 fully saturated rings. The van der Waals surface area contributed by atoms with Gasteiger partial charge in [-0.15, -0.1) is 0 Å². The van der Waals surface area contributed by atoms with Gasteiger partial charge in [-0.1, -0.05) is 12.5 Å². The lowest BCUT2D eigenvalue weighted by Gasteiger charge is -2.43. The Morgan fingerprint density at radius 2 is 1.76 bits per heavy atom. The maximum Gasteiger partial charge on any atom is 0.126 e. The van der Waals surface area contributed by atoms with E-state index in [1.165, 1.54) is 24.8 Å². The van der Waals surface area contributed by atoms with Gasteiger partial charge in [0.05, 0.1) is 14.2 Å². The summed E-state index contributed by atoms with van der Waals surface area (Å²) in [6.45, 7) is 0.710. The van der Waals surface area contributed by atoms with Crippen molar-refractivity contribution in [3.63, 3.8) is 0 Å². The molecule has 0 amide bonds. The molecule has 1 aromatic carbocycles. The third kappa shape index (κ3) is 2.00. The molecule has 0 aromatic heterocycles. The summed E-state index contributed by atoms with van der Waals surface area (Å²) in [5, 5.41) is 0. The van der Waals surface area contributed by atoms with Crippen molar-refractivity contribution >= 4 is 0 Å². The summed E-state index contributed by atoms with van der Waals surface area (Å²) in [5.74, 6) is 1.86. The molecule has 3 heteroatoms. The molecule has 0 aliphatic heterocycles. The highest BCUT2D eigenvalue weighted by Crippen LogP contribution is 2.52. The van der Waals surface area contributed by atoms with Crippen LogP contribution in [0.25, 0.3) is 0 Å². The molecule has 0 spiro atoms. The highest BCUT2D eigenvalue weighted by atomic mass is 16.5. The van der Waals surface area contributed by atoms with Crippen molar-refractivity contribution in [3.05, 3.63) is 23.8 Å². The van der Waals surface area contributed by atoms with Gasteiger partial charge in [-0.25, -0.2) is 0 Å². The fourth-order valence-electron chi connectivity index (χ4n) is 2.88. The highest BCUT2D eigenvalue weighted by Gasteiger charge is 2.42. The minimum atomic E-state index is 0.173. The Bertz CT molecular complexity index is 364. The van der Waals surface area contributed by atoms with Crippen LogP contribution in [0.2, 0.25) is 0 Å². The molecule has 2 N–H and O–H groups in total. The molecule has 17 heavy (non-hydrogen) atoms. The van der Waals surface area contributed by atoms with E-state index in [1.807, 2.05) is 18.2 Å². The zero-order valence-electron chi connectivity index (χ0n) is 10.7. The third-order valence-corrected chi connectivity index (χ3v) is 3.89. The Balaban J connectivity index is 2.47. The second kappa shape index (κ2) is 4.96. The summed E-state index contributed by atoms with van der Waals surface area (Å²) in [7, 11) is 3.43. The molecular formula is C14H21NO2. The van der Waals surface area contributed by atoms with E-state index in [-0.39, 0.29) is 5.41 Å². The quantitative estimate of drug-likeness (QED) is 0.852. The van der Waals surface area contributed by atoms with Crippen LogP contribution in [0.5, 0.6) is 11.5 Å². The van der Waals surface area contributed by atoms with E-state index >= 15 is 0 Å². The van der Waals surface area contributed by atoms with Crippen molar-refractivity contribution in [2.75, 3.05) is 20.8 Å². The molecular weight excluding hydrogens is 214 g/mol. The Morgan fingerprint density at radius 3 is 2.12 bits per heavy atom. The molecule has 0 bridgehead atoms. The largest absolute Gasteiger partial charge is 0.496 e. The average Bonchev–Trinajstić information content (AvgIpc) is 2.33. The zero-order chi connectivity index (χ0) is 12.3. The summed E-state index contributed by atoms with van der Waals surface area (Å²) in [5.41, 5.74) is 7.15. The number of hydrogen-bond acceptors (Lipinski definition) is 3. The first-order valence-corrected chi connectivity index (χ1v) is 6.19. The van der Waals surface area contributed by atoms with E-state index in [0.29, 0.717) is 6.54 Å². The van der Waals surface area contributed by atoms with Gasteiger partial charge in [-0.3, -0.25) is 0 Å². The average molecular weight is 235 g/mol. The number of methoxy groups -OCH3 is 2. The smallest absolute Gasteiger partial charge is 0.126 e. The molecule has 0 unspecified atom stereocenters. The summed E-state index contributed by atoms with van der Waals surface area (Å²) in [4.78, 5) is 0. The number of nitrogens with two attached hydrogens (primary N) is 1. The number of benzene rings is 1. The topological polar surface area (TPSA) is 44.5 Å². The van der Waals surface area contributed by atoms with E-state index in [4.69, 9.17) is 15.2 Å². The fraction of sp³-hybridized carbons (Fsp3) is 0.571. The van der Waals surface area contributed by atoms with Crippen LogP contribution in [0, 0.1) is 0 Å². The lowest BCUT2D eigenvalue weighted by Crippen LogP contribution is -2.37. The maximum atomic E-state index is 5.76. The maximum absolute atomic E-state index is 5.76. The van der Waals surface area contributed by atoms with Gasteiger partial charge in [0.25, 0.3) is 0 Å². The van der Waals surface area contributed by atoms with Gasteiger partial charge in [-0.05, 0) is 37.9 Å². The second-order valence-electron chi connectivity index (χ2n) is 4.71. The number of rotatable bonds is 5. The minimum absolute atomic E-state index is 0.173. The molecule has 1 aromatic rings. The van der Waals surface area contributed by atoms with E-state index < -0.39 is 0 Å². The predicted octanol–water partition coefficient (Wildman–Crippen LogP) is 2.47. The molecule has 0 radical (unpaired) electrons. The van der Waals surface area contributed by atoms with Crippen molar-refractivity contribution in [1.29, 1.82) is 0 Å². The number of hydrogen-bond donors (Lipinski definition) is 1. The third-order valence-electron chi connectivity index (χ3n) is 3.89. The monoisotopic (exact) mass is 235 g/mol. The molecule has 94 valence electrons. The Kier molecular flexibility index (Phi) is 3.57. The summed E-state index contributed by atoms with van der Waals surface area (Å²) < 4.78 is 11.0. The molecule has 2 rings (SSSR count). The summed E-state index contributed by atoms with van der Waals surface area (Å²) in [6.07, 6.45) is 4.63. The first-order chi connectivity index (χ1) is 8.27. The lowest BCUT2D eigenvalue weighted by molar-refractivity contribution is 0.213. The van der Waals surface area contributed by atoms with E-state index in [0.717, 1.165) is 17.9 Å². The summed E-state index contributed by atoms with van der Waals surface area (Å²) in [6, 6.07) is 5.98. The lowest BCUT2D eigenvalue weighted by atomic mass is 9.62. The Labute approximate surface area is 103 Å². The van der Waals surface area contributed by atoms with Gasteiger partial charge in [-0.2, -0.15) is 0 Å². The molecule has 1 saturated carbocycles. The van der Waals surface area contributed by atoms with Gasteiger partial charge in [0.1, 0.15) is 11.5 Å². The van der Waals surface area contributed by atoms with Crippen LogP contribution >= 0.6 is 0 Å². The first-order valence-electron chi connectivity index (χ1n) is 6.19. The molecule has 3 nitrogen and oxygen atoms in total. The van der Waals surface area contributed by atoms with Crippen molar-refractivity contribution < 1.29 is 9.47 Å². The van der Waals surface area contributed by atoms with Crippen molar-refractivity contribution in [3.8, 4) is 11.5 Å². The Hall–Kier alpha value is -1.22. The first kappa shape index (κ1) is 12.2. The van der Waals surface area contributed by atoms with Crippen molar-refractivity contribution in [2.45, 2.75) is 31.1 Å². The van der Waals surface area contributed by atoms with E-state index in [9.17, 15) is 0 Å². The van der Waals surface area contributed by atoms with Crippen LogP contribution in [0.3, 0.4) is 0 Å². The van der Waals surface area contributed by atoms with E-state index in [2.05, 4.69) is 0 Å². The predicted molar refractivity (Wildman–Crippen MR) is 68.7 cm³/mol. The fourth-order valence-corrected chi connectivity index (χ4v) is 2.88. The minimum Gasteiger partial charge on any atom is -0.496 e. The van der Waals surface area contributed by atoms with Gasteiger partial charge >= 0.3 is 0 Å². The van der Waals surface area contributed by atoms with Crippen LogP contribution in [0.1, 0.15) is 31.2 Å². The standard InChI is InChI=1S/C14H21NO2/c1-16-11-5-3-6-12(17-2)13(11)14(9-10-15)7-4-8-14/h3,5-6H,4,7-10,15H2,1-2H3. The Morgan fingerprint density at radius 1 is 1.18 bits per heavy atom. The van der Waals surface area contributed by atoms with Crippen molar-refractivity contribution in [1.82, 2.24) is 0 Å². The molecule has 0 atom stereocenters. The van der Waals surface area contributed by atoms with Crippen LogP contribution in [-0.4, -0.2) is 20.8 Å². The van der Waals surface area contributed by atoms with E-state index in [1.54, 1.807) is 14.2 Å². The van der Waals surface area contributed by atoms with Gasteiger partial charge in [0, 0.05) is 11.0 Å². The van der Waals surface area contributed by atoms with Gasteiger partial charge in [0.15, 0.2) is 0 Å². The molecule has 1 aliphatic rings. The number of ether oxygens (including phenoxy) is 2. The highest BCUT2D eigenvalue weighted by molar-refractivity contribution is 5.51. The molecule has 0 saturated heterocycles. The van der Waals surface area contributed by atoms with Crippen LogP contribution in [0.4, 0.5) is 0 Å². The van der Waals surface area contributed by atoms with Gasteiger partial charge < -0.3 is 15.2 Å². The zero-order valence-corrected chi connectivity index (χ0v) is 10.7. The molecule has 0 heterocycles. The normalized spacial score (nSPS) is 17.4. The van der Waals surface area contributed by atoms with Gasteiger partial charge in [0.2, 0.25) is 0 Å². The van der Waals surface area contributed by atoms with Crippen molar-refractivity contribution in [2.24, 2.45) is 5.73 Å².